The number of nitrogens with two attached hydrogens (primary N) is 1. The maximum Gasteiger partial charge on any atom is 0.147 e. The van der Waals surface area contributed by atoms with Gasteiger partial charge < -0.3 is 5.73 Å². The molecule has 78 valence electrons. The van der Waals surface area contributed by atoms with E-state index in [0.29, 0.717) is 12.3 Å². The summed E-state index contributed by atoms with van der Waals surface area (Å²) >= 11 is 0. The van der Waals surface area contributed by atoms with Gasteiger partial charge in [0, 0.05) is 6.26 Å². The summed E-state index contributed by atoms with van der Waals surface area (Å²) in [6.45, 7) is 0.641. The highest BCUT2D eigenvalue weighted by Gasteiger charge is 2.32. The maximum absolute atomic E-state index is 11.0. The Morgan fingerprint density at radius 2 is 1.85 bits per heavy atom. The van der Waals surface area contributed by atoms with E-state index in [1.165, 1.54) is 19.1 Å². The molecule has 0 amide bonds. The van der Waals surface area contributed by atoms with Crippen LogP contribution in [0.3, 0.4) is 0 Å². The zero-order chi connectivity index (χ0) is 9.95. The predicted molar refractivity (Wildman–Crippen MR) is 54.3 cm³/mol. The van der Waals surface area contributed by atoms with Crippen molar-refractivity contribution < 1.29 is 8.42 Å². The van der Waals surface area contributed by atoms with Gasteiger partial charge >= 0.3 is 0 Å². The molecule has 0 atom stereocenters. The van der Waals surface area contributed by atoms with Crippen LogP contribution in [0.25, 0.3) is 0 Å². The molecule has 4 heteroatoms. The van der Waals surface area contributed by atoms with Crippen molar-refractivity contribution in [2.24, 2.45) is 11.1 Å². The molecule has 0 spiro atoms. The molecule has 0 aromatic rings. The zero-order valence-electron chi connectivity index (χ0n) is 8.25. The Morgan fingerprint density at radius 3 is 2.23 bits per heavy atom. The second-order valence-electron chi connectivity index (χ2n) is 4.29. The SMILES string of the molecule is CS(=O)(=O)CCC1(CN)CCCC1. The molecule has 1 aliphatic carbocycles. The first-order valence-corrected chi connectivity index (χ1v) is 6.91. The van der Waals surface area contributed by atoms with Crippen molar-refractivity contribution in [2.75, 3.05) is 18.6 Å². The van der Waals surface area contributed by atoms with Crippen molar-refractivity contribution in [1.29, 1.82) is 0 Å². The van der Waals surface area contributed by atoms with Gasteiger partial charge in [-0.05, 0) is 31.2 Å². The number of rotatable bonds is 4. The lowest BCUT2D eigenvalue weighted by Crippen LogP contribution is -2.29. The fraction of sp³-hybridized carbons (Fsp3) is 1.00. The van der Waals surface area contributed by atoms with Gasteiger partial charge in [0.15, 0.2) is 0 Å². The average molecular weight is 205 g/mol. The molecule has 3 nitrogen and oxygen atoms in total. The van der Waals surface area contributed by atoms with Crippen LogP contribution < -0.4 is 5.73 Å². The summed E-state index contributed by atoms with van der Waals surface area (Å²) in [6.07, 6.45) is 6.69. The summed E-state index contributed by atoms with van der Waals surface area (Å²) < 4.78 is 22.0. The standard InChI is InChI=1S/C9H19NO2S/c1-13(11,12)7-6-9(8-10)4-2-3-5-9/h2-8,10H2,1H3. The van der Waals surface area contributed by atoms with E-state index in [9.17, 15) is 8.42 Å². The molecule has 2 N–H and O–H groups in total. The summed E-state index contributed by atoms with van der Waals surface area (Å²) in [6, 6.07) is 0. The van der Waals surface area contributed by atoms with E-state index < -0.39 is 9.84 Å². The number of hydrogen-bond acceptors (Lipinski definition) is 3. The molecule has 0 bridgehead atoms. The van der Waals surface area contributed by atoms with Gasteiger partial charge in [0.05, 0.1) is 5.75 Å². The monoisotopic (exact) mass is 205 g/mol. The fourth-order valence-electron chi connectivity index (χ4n) is 2.08. The summed E-state index contributed by atoms with van der Waals surface area (Å²) in [5, 5.41) is 0. The third-order valence-corrected chi connectivity index (χ3v) is 4.05. The molecule has 0 aromatic heterocycles. The van der Waals surface area contributed by atoms with Crippen LogP contribution in [-0.4, -0.2) is 27.0 Å². The van der Waals surface area contributed by atoms with Gasteiger partial charge in [0.2, 0.25) is 0 Å². The Hall–Kier alpha value is -0.0900. The van der Waals surface area contributed by atoms with Crippen LogP contribution in [0.2, 0.25) is 0 Å². The van der Waals surface area contributed by atoms with Crippen LogP contribution in [0, 0.1) is 5.41 Å². The van der Waals surface area contributed by atoms with E-state index in [-0.39, 0.29) is 5.41 Å². The van der Waals surface area contributed by atoms with Gasteiger partial charge in [-0.1, -0.05) is 12.8 Å². The highest BCUT2D eigenvalue weighted by Crippen LogP contribution is 2.40. The minimum Gasteiger partial charge on any atom is -0.330 e. The summed E-state index contributed by atoms with van der Waals surface area (Å²) in [5.41, 5.74) is 5.85. The first kappa shape index (κ1) is 11.0. The first-order chi connectivity index (χ1) is 5.97. The number of sulfone groups is 1. The van der Waals surface area contributed by atoms with Crippen molar-refractivity contribution in [3.63, 3.8) is 0 Å². The normalized spacial score (nSPS) is 22.0. The zero-order valence-corrected chi connectivity index (χ0v) is 9.07. The summed E-state index contributed by atoms with van der Waals surface area (Å²) in [7, 11) is -2.82. The van der Waals surface area contributed by atoms with Crippen molar-refractivity contribution in [3.8, 4) is 0 Å². The van der Waals surface area contributed by atoms with Crippen LogP contribution in [-0.2, 0) is 9.84 Å². The topological polar surface area (TPSA) is 60.2 Å². The summed E-state index contributed by atoms with van der Waals surface area (Å²) in [5.74, 6) is 0.296. The van der Waals surface area contributed by atoms with Crippen LogP contribution >= 0.6 is 0 Å². The van der Waals surface area contributed by atoms with Gasteiger partial charge in [-0.25, -0.2) is 8.42 Å². The van der Waals surface area contributed by atoms with Crippen LogP contribution in [0.4, 0.5) is 0 Å². The van der Waals surface area contributed by atoms with Gasteiger partial charge in [-0.15, -0.1) is 0 Å². The van der Waals surface area contributed by atoms with Crippen LogP contribution in [0.15, 0.2) is 0 Å². The van der Waals surface area contributed by atoms with E-state index in [1.807, 2.05) is 0 Å². The molecule has 1 fully saturated rings. The molecule has 0 saturated heterocycles. The molecule has 0 heterocycles. The third kappa shape index (κ3) is 3.27. The Labute approximate surface area is 80.6 Å². The molecule has 1 aliphatic rings. The lowest BCUT2D eigenvalue weighted by molar-refractivity contribution is 0.297. The average Bonchev–Trinajstić information content (AvgIpc) is 2.49. The van der Waals surface area contributed by atoms with Crippen molar-refractivity contribution >= 4 is 9.84 Å². The second kappa shape index (κ2) is 3.96. The Kier molecular flexibility index (Phi) is 3.35. The smallest absolute Gasteiger partial charge is 0.147 e. The Balaban J connectivity index is 2.50. The largest absolute Gasteiger partial charge is 0.330 e. The molecule has 13 heavy (non-hydrogen) atoms. The summed E-state index contributed by atoms with van der Waals surface area (Å²) in [4.78, 5) is 0. The third-order valence-electron chi connectivity index (χ3n) is 3.10. The minimum absolute atomic E-state index is 0.142. The second-order valence-corrected chi connectivity index (χ2v) is 6.55. The predicted octanol–water partition coefficient (Wildman–Crippen LogP) is 0.940. The molecule has 0 radical (unpaired) electrons. The van der Waals surface area contributed by atoms with E-state index >= 15 is 0 Å². The first-order valence-electron chi connectivity index (χ1n) is 4.85. The van der Waals surface area contributed by atoms with E-state index in [1.54, 1.807) is 0 Å². The fourth-order valence-corrected chi connectivity index (χ4v) is 2.89. The van der Waals surface area contributed by atoms with Crippen molar-refractivity contribution in [1.82, 2.24) is 0 Å². The van der Waals surface area contributed by atoms with Gasteiger partial charge in [-0.2, -0.15) is 0 Å². The van der Waals surface area contributed by atoms with Crippen molar-refractivity contribution in [3.05, 3.63) is 0 Å². The van der Waals surface area contributed by atoms with Gasteiger partial charge in [0.25, 0.3) is 0 Å². The van der Waals surface area contributed by atoms with E-state index in [0.717, 1.165) is 19.3 Å². The highest BCUT2D eigenvalue weighted by molar-refractivity contribution is 7.90. The minimum atomic E-state index is -2.82. The molecular formula is C9H19NO2S. The lowest BCUT2D eigenvalue weighted by Gasteiger charge is -2.26. The Morgan fingerprint density at radius 1 is 1.31 bits per heavy atom. The Bertz CT molecular complexity index is 253. The van der Waals surface area contributed by atoms with E-state index in [2.05, 4.69) is 0 Å². The molecule has 0 aromatic carbocycles. The van der Waals surface area contributed by atoms with Gasteiger partial charge in [0.1, 0.15) is 9.84 Å². The molecule has 1 saturated carbocycles. The van der Waals surface area contributed by atoms with E-state index in [4.69, 9.17) is 5.73 Å². The van der Waals surface area contributed by atoms with Crippen LogP contribution in [0.1, 0.15) is 32.1 Å². The van der Waals surface area contributed by atoms with Crippen LogP contribution in [0.5, 0.6) is 0 Å². The molecule has 1 rings (SSSR count). The number of hydrogen-bond donors (Lipinski definition) is 1. The quantitative estimate of drug-likeness (QED) is 0.743. The molecule has 0 aliphatic heterocycles. The molecule has 0 unspecified atom stereocenters. The maximum atomic E-state index is 11.0. The van der Waals surface area contributed by atoms with Crippen molar-refractivity contribution in [2.45, 2.75) is 32.1 Å². The lowest BCUT2D eigenvalue weighted by atomic mass is 9.84. The highest BCUT2D eigenvalue weighted by atomic mass is 32.2. The molecular weight excluding hydrogens is 186 g/mol. The van der Waals surface area contributed by atoms with Gasteiger partial charge in [-0.3, -0.25) is 0 Å².